The molecule has 0 aliphatic carbocycles. The molecule has 0 unspecified atom stereocenters. The molecular weight excluding hydrogens is 350 g/mol. The average Bonchev–Trinajstić information content (AvgIpc) is 2.54. The van der Waals surface area contributed by atoms with Crippen LogP contribution in [0.5, 0.6) is 0 Å². The monoisotopic (exact) mass is 367 g/mol. The molecule has 0 radical (unpaired) electrons. The van der Waals surface area contributed by atoms with Gasteiger partial charge in [-0.3, -0.25) is 4.79 Å². The summed E-state index contributed by atoms with van der Waals surface area (Å²) in [5.74, 6) is -0.678. The highest BCUT2D eigenvalue weighted by molar-refractivity contribution is 7.89. The smallest absolute Gasteiger partial charge is 0.321 e. The summed E-state index contributed by atoms with van der Waals surface area (Å²) in [6, 6.07) is 11.7. The van der Waals surface area contributed by atoms with Gasteiger partial charge in [0.2, 0.25) is 10.0 Å². The zero-order valence-corrected chi connectivity index (χ0v) is 14.9. The topological polar surface area (TPSA) is 72.5 Å². The minimum Gasteiger partial charge on any atom is -0.460 e. The van der Waals surface area contributed by atoms with Crippen molar-refractivity contribution in [3.05, 3.63) is 64.2 Å². The van der Waals surface area contributed by atoms with Gasteiger partial charge in [0.1, 0.15) is 13.2 Å². The lowest BCUT2D eigenvalue weighted by Crippen LogP contribution is -2.30. The van der Waals surface area contributed by atoms with E-state index in [9.17, 15) is 13.2 Å². The lowest BCUT2D eigenvalue weighted by molar-refractivity contribution is -0.143. The van der Waals surface area contributed by atoms with Crippen LogP contribution in [0.25, 0.3) is 0 Å². The third-order valence-corrected chi connectivity index (χ3v) is 5.31. The molecule has 5 nitrogen and oxygen atoms in total. The first-order valence-electron chi connectivity index (χ1n) is 7.25. The van der Waals surface area contributed by atoms with Crippen molar-refractivity contribution in [3.63, 3.8) is 0 Å². The van der Waals surface area contributed by atoms with E-state index in [1.807, 2.05) is 13.8 Å². The van der Waals surface area contributed by atoms with Crippen molar-refractivity contribution in [2.75, 3.05) is 6.54 Å². The van der Waals surface area contributed by atoms with Gasteiger partial charge in [0.15, 0.2) is 0 Å². The van der Waals surface area contributed by atoms with Gasteiger partial charge in [0.05, 0.1) is 4.90 Å². The first-order valence-corrected chi connectivity index (χ1v) is 9.11. The number of carbonyl (C=O) groups excluding carboxylic acids is 1. The minimum absolute atomic E-state index is 0.0100. The van der Waals surface area contributed by atoms with E-state index in [1.54, 1.807) is 36.4 Å². The summed E-state index contributed by atoms with van der Waals surface area (Å²) in [5.41, 5.74) is 2.51. The summed E-state index contributed by atoms with van der Waals surface area (Å²) in [6.45, 7) is 3.26. The van der Waals surface area contributed by atoms with Crippen LogP contribution in [0, 0.1) is 13.8 Å². The standard InChI is InChI=1S/C17H18ClNO4S/c1-12-7-8-15(9-13(12)2)24(21,22)19-10-17(20)23-11-14-5-3-4-6-16(14)18/h3-9,19H,10-11H2,1-2H3. The van der Waals surface area contributed by atoms with E-state index in [1.165, 1.54) is 6.07 Å². The number of hydrogen-bond acceptors (Lipinski definition) is 4. The largest absolute Gasteiger partial charge is 0.460 e. The molecule has 0 bridgehead atoms. The van der Waals surface area contributed by atoms with E-state index in [0.29, 0.717) is 10.6 Å². The third kappa shape index (κ3) is 4.80. The van der Waals surface area contributed by atoms with Crippen LogP contribution in [0.1, 0.15) is 16.7 Å². The van der Waals surface area contributed by atoms with E-state index < -0.39 is 22.5 Å². The number of benzene rings is 2. The van der Waals surface area contributed by atoms with Crippen molar-refractivity contribution < 1.29 is 17.9 Å². The lowest BCUT2D eigenvalue weighted by atomic mass is 10.1. The molecule has 0 aromatic heterocycles. The maximum absolute atomic E-state index is 12.2. The van der Waals surface area contributed by atoms with E-state index in [-0.39, 0.29) is 11.5 Å². The fraction of sp³-hybridized carbons (Fsp3) is 0.235. The van der Waals surface area contributed by atoms with Crippen LogP contribution >= 0.6 is 11.6 Å². The molecule has 0 aliphatic rings. The third-order valence-electron chi connectivity index (χ3n) is 3.54. The van der Waals surface area contributed by atoms with Crippen LogP contribution in [0.15, 0.2) is 47.4 Å². The fourth-order valence-corrected chi connectivity index (χ4v) is 3.19. The Bertz CT molecular complexity index is 849. The molecule has 0 amide bonds. The van der Waals surface area contributed by atoms with Crippen LogP contribution in [0.4, 0.5) is 0 Å². The zero-order valence-electron chi connectivity index (χ0n) is 13.4. The quantitative estimate of drug-likeness (QED) is 0.796. The number of ether oxygens (including phenoxy) is 1. The molecule has 1 N–H and O–H groups in total. The highest BCUT2D eigenvalue weighted by atomic mass is 35.5. The van der Waals surface area contributed by atoms with E-state index in [0.717, 1.165) is 11.1 Å². The molecular formula is C17H18ClNO4S. The number of rotatable bonds is 6. The van der Waals surface area contributed by atoms with Gasteiger partial charge in [-0.25, -0.2) is 8.42 Å². The van der Waals surface area contributed by atoms with Gasteiger partial charge in [0.25, 0.3) is 0 Å². The van der Waals surface area contributed by atoms with Crippen molar-refractivity contribution in [2.45, 2.75) is 25.3 Å². The highest BCUT2D eigenvalue weighted by Crippen LogP contribution is 2.16. The van der Waals surface area contributed by atoms with Gasteiger partial charge in [-0.05, 0) is 43.2 Å². The van der Waals surface area contributed by atoms with Gasteiger partial charge < -0.3 is 4.74 Å². The van der Waals surface area contributed by atoms with Crippen molar-refractivity contribution >= 4 is 27.6 Å². The van der Waals surface area contributed by atoms with Crippen LogP contribution in [-0.2, 0) is 26.2 Å². The number of halogens is 1. The first kappa shape index (κ1) is 18.4. The molecule has 2 aromatic rings. The molecule has 0 aliphatic heterocycles. The van der Waals surface area contributed by atoms with E-state index in [4.69, 9.17) is 16.3 Å². The minimum atomic E-state index is -3.76. The van der Waals surface area contributed by atoms with Crippen molar-refractivity contribution in [1.82, 2.24) is 4.72 Å². The predicted molar refractivity (Wildman–Crippen MR) is 92.4 cm³/mol. The van der Waals surface area contributed by atoms with E-state index >= 15 is 0 Å². The second kappa shape index (κ2) is 7.79. The van der Waals surface area contributed by atoms with Gasteiger partial charge in [-0.2, -0.15) is 4.72 Å². The molecule has 0 saturated heterocycles. The molecule has 0 saturated carbocycles. The maximum atomic E-state index is 12.2. The highest BCUT2D eigenvalue weighted by Gasteiger charge is 2.16. The van der Waals surface area contributed by atoms with Crippen molar-refractivity contribution in [3.8, 4) is 0 Å². The number of carbonyl (C=O) groups is 1. The molecule has 24 heavy (non-hydrogen) atoms. The number of aryl methyl sites for hydroxylation is 2. The molecule has 7 heteroatoms. The molecule has 0 fully saturated rings. The zero-order chi connectivity index (χ0) is 17.7. The Morgan fingerprint density at radius 2 is 1.83 bits per heavy atom. The fourth-order valence-electron chi connectivity index (χ4n) is 1.94. The van der Waals surface area contributed by atoms with Crippen LogP contribution in [-0.4, -0.2) is 20.9 Å². The molecule has 128 valence electrons. The summed E-state index contributed by atoms with van der Waals surface area (Å²) in [7, 11) is -3.76. The maximum Gasteiger partial charge on any atom is 0.321 e. The number of nitrogens with one attached hydrogen (secondary N) is 1. The lowest BCUT2D eigenvalue weighted by Gasteiger charge is -2.09. The van der Waals surface area contributed by atoms with Gasteiger partial charge in [-0.1, -0.05) is 35.9 Å². The Morgan fingerprint density at radius 3 is 2.50 bits per heavy atom. The summed E-state index contributed by atoms with van der Waals surface area (Å²) in [4.78, 5) is 11.8. The Hall–Kier alpha value is -1.89. The second-order valence-electron chi connectivity index (χ2n) is 5.32. The number of sulfonamides is 1. The van der Waals surface area contributed by atoms with E-state index in [2.05, 4.69) is 4.72 Å². The molecule has 0 atom stereocenters. The average molecular weight is 368 g/mol. The van der Waals surface area contributed by atoms with Crippen molar-refractivity contribution in [1.29, 1.82) is 0 Å². The Kier molecular flexibility index (Phi) is 5.99. The van der Waals surface area contributed by atoms with Gasteiger partial charge in [0, 0.05) is 10.6 Å². The molecule has 2 aromatic carbocycles. The summed E-state index contributed by atoms with van der Waals surface area (Å²) >= 11 is 5.96. The Balaban J connectivity index is 1.93. The SMILES string of the molecule is Cc1ccc(S(=O)(=O)NCC(=O)OCc2ccccc2Cl)cc1C. The van der Waals surface area contributed by atoms with Crippen LogP contribution in [0.3, 0.4) is 0 Å². The summed E-state index contributed by atoms with van der Waals surface area (Å²) in [5, 5.41) is 0.487. The normalized spacial score (nSPS) is 11.3. The molecule has 2 rings (SSSR count). The summed E-state index contributed by atoms with van der Waals surface area (Å²) in [6.07, 6.45) is 0. The van der Waals surface area contributed by atoms with Crippen LogP contribution < -0.4 is 4.72 Å². The van der Waals surface area contributed by atoms with Gasteiger partial charge in [-0.15, -0.1) is 0 Å². The first-order chi connectivity index (χ1) is 11.3. The Labute approximate surface area is 146 Å². The summed E-state index contributed by atoms with van der Waals surface area (Å²) < 4.78 is 31.6. The van der Waals surface area contributed by atoms with Crippen molar-refractivity contribution in [2.24, 2.45) is 0 Å². The predicted octanol–water partition coefficient (Wildman–Crippen LogP) is 2.98. The van der Waals surface area contributed by atoms with Gasteiger partial charge >= 0.3 is 5.97 Å². The number of hydrogen-bond donors (Lipinski definition) is 1. The Morgan fingerprint density at radius 1 is 1.12 bits per heavy atom. The van der Waals surface area contributed by atoms with Crippen LogP contribution in [0.2, 0.25) is 5.02 Å². The number of esters is 1. The second-order valence-corrected chi connectivity index (χ2v) is 7.50. The molecule has 0 heterocycles. The molecule has 0 spiro atoms.